The maximum Gasteiger partial charge on any atom is 0.316 e. The summed E-state index contributed by atoms with van der Waals surface area (Å²) in [7, 11) is -1.01. The molecule has 0 unspecified atom stereocenters. The predicted octanol–water partition coefficient (Wildman–Crippen LogP) is 2.00. The largest absolute Gasteiger partial charge is 0.316 e. The topological polar surface area (TPSA) is 90.2 Å². The van der Waals surface area contributed by atoms with Crippen LogP contribution in [0.2, 0.25) is 5.02 Å². The van der Waals surface area contributed by atoms with Crippen LogP contribution in [0.4, 0.5) is 5.69 Å². The second kappa shape index (κ2) is 6.30. The predicted molar refractivity (Wildman–Crippen MR) is 101 cm³/mol. The summed E-state index contributed by atoms with van der Waals surface area (Å²) in [5.74, 6) is 0. The van der Waals surface area contributed by atoms with Crippen molar-refractivity contribution in [2.24, 2.45) is 14.1 Å². The van der Waals surface area contributed by atoms with Crippen molar-refractivity contribution in [3.63, 3.8) is 0 Å². The zero-order chi connectivity index (χ0) is 19.2. The lowest BCUT2D eigenvalue weighted by molar-refractivity contribution is 0.600. The third-order valence-electron chi connectivity index (χ3n) is 4.15. The molecule has 7 nitrogen and oxygen atoms in total. The van der Waals surface area contributed by atoms with Gasteiger partial charge >= 0.3 is 11.1 Å². The number of anilines is 1. The number of nitrogens with zero attached hydrogens (tertiary/aromatic N) is 2. The smallest absolute Gasteiger partial charge is 0.305 e. The Balaban J connectivity index is 2.23. The highest BCUT2D eigenvalue weighted by Gasteiger charge is 2.20. The number of aryl methyl sites for hydroxylation is 3. The molecule has 0 aliphatic carbocycles. The number of rotatable bonds is 3. The van der Waals surface area contributed by atoms with E-state index in [1.807, 2.05) is 0 Å². The van der Waals surface area contributed by atoms with E-state index in [1.165, 1.54) is 30.8 Å². The highest BCUT2D eigenvalue weighted by atomic mass is 35.5. The molecule has 9 heteroatoms. The molecule has 1 aromatic heterocycles. The van der Waals surface area contributed by atoms with Crippen LogP contribution in [0.25, 0.3) is 11.0 Å². The molecule has 0 bridgehead atoms. The number of benzene rings is 2. The molecule has 136 valence electrons. The Bertz CT molecular complexity index is 1260. The minimum Gasteiger partial charge on any atom is -0.305 e. The molecule has 0 atom stereocenters. The Hall–Kier alpha value is -2.58. The minimum absolute atomic E-state index is 0.0126. The molecular weight excluding hydrogens is 378 g/mol. The number of aromatic nitrogens is 2. The average Bonchev–Trinajstić information content (AvgIpc) is 2.57. The molecule has 0 saturated heterocycles. The number of hydrogen-bond acceptors (Lipinski definition) is 4. The molecule has 0 aliphatic rings. The zero-order valence-corrected chi connectivity index (χ0v) is 15.9. The first-order chi connectivity index (χ1) is 12.1. The number of halogens is 1. The van der Waals surface area contributed by atoms with Gasteiger partial charge in [-0.15, -0.1) is 0 Å². The molecular formula is C17H16ClN3O4S. The van der Waals surface area contributed by atoms with Gasteiger partial charge in [0.05, 0.1) is 21.6 Å². The molecule has 1 heterocycles. The summed E-state index contributed by atoms with van der Waals surface area (Å²) in [6, 6.07) is 9.30. The molecule has 1 N–H and O–H groups in total. The zero-order valence-electron chi connectivity index (χ0n) is 14.3. The molecule has 0 fully saturated rings. The molecule has 0 aliphatic heterocycles. The summed E-state index contributed by atoms with van der Waals surface area (Å²) in [5.41, 5.74) is 0.180. The first kappa shape index (κ1) is 18.2. The van der Waals surface area contributed by atoms with Crippen LogP contribution in [0.5, 0.6) is 0 Å². The fourth-order valence-electron chi connectivity index (χ4n) is 2.76. The number of fused-ring (bicyclic) bond motifs is 1. The van der Waals surface area contributed by atoms with Gasteiger partial charge in [0.25, 0.3) is 10.0 Å². The van der Waals surface area contributed by atoms with Crippen LogP contribution < -0.4 is 15.8 Å². The van der Waals surface area contributed by atoms with Crippen molar-refractivity contribution in [3.8, 4) is 0 Å². The third kappa shape index (κ3) is 3.02. The Kier molecular flexibility index (Phi) is 4.41. The average molecular weight is 394 g/mol. The maximum absolute atomic E-state index is 12.8. The van der Waals surface area contributed by atoms with Crippen molar-refractivity contribution in [2.75, 3.05) is 4.72 Å². The second-order valence-corrected chi connectivity index (χ2v) is 8.04. The van der Waals surface area contributed by atoms with E-state index in [0.717, 1.165) is 4.57 Å². The quantitative estimate of drug-likeness (QED) is 0.689. The van der Waals surface area contributed by atoms with E-state index < -0.39 is 21.1 Å². The highest BCUT2D eigenvalue weighted by Crippen LogP contribution is 2.24. The monoisotopic (exact) mass is 393 g/mol. The molecule has 3 aromatic rings. The van der Waals surface area contributed by atoms with Gasteiger partial charge in [-0.1, -0.05) is 17.7 Å². The van der Waals surface area contributed by atoms with Crippen molar-refractivity contribution in [1.82, 2.24) is 9.13 Å². The summed E-state index contributed by atoms with van der Waals surface area (Å²) >= 11 is 5.89. The maximum atomic E-state index is 12.8. The number of nitrogens with one attached hydrogen (secondary N) is 1. The third-order valence-corrected chi connectivity index (χ3v) is 5.91. The summed E-state index contributed by atoms with van der Waals surface area (Å²) in [6.45, 7) is 1.63. The number of sulfonamides is 1. The van der Waals surface area contributed by atoms with E-state index >= 15 is 0 Å². The van der Waals surface area contributed by atoms with E-state index in [4.69, 9.17) is 11.6 Å². The standard InChI is InChI=1S/C17H16ClN3O4S/c1-10-7-13-14(21(3)17(23)16(22)20(13)2)9-15(10)26(24,25)19-12-6-4-5-11(18)8-12/h4-9,19H,1-3H3. The van der Waals surface area contributed by atoms with E-state index in [9.17, 15) is 18.0 Å². The Morgan fingerprint density at radius 1 is 0.962 bits per heavy atom. The van der Waals surface area contributed by atoms with Crippen molar-refractivity contribution < 1.29 is 8.42 Å². The van der Waals surface area contributed by atoms with Crippen LogP contribution in [0, 0.1) is 6.92 Å². The van der Waals surface area contributed by atoms with E-state index in [2.05, 4.69) is 4.72 Å². The molecule has 0 radical (unpaired) electrons. The second-order valence-electron chi connectivity index (χ2n) is 5.95. The van der Waals surface area contributed by atoms with Crippen molar-refractivity contribution >= 4 is 38.3 Å². The lowest BCUT2D eigenvalue weighted by Gasteiger charge is -2.14. The minimum atomic E-state index is -3.92. The van der Waals surface area contributed by atoms with Gasteiger partial charge < -0.3 is 9.13 Å². The summed E-state index contributed by atoms with van der Waals surface area (Å²) in [5, 5.41) is 0.401. The van der Waals surface area contributed by atoms with Gasteiger partial charge in [-0.05, 0) is 42.8 Å². The van der Waals surface area contributed by atoms with Crippen molar-refractivity contribution in [3.05, 3.63) is 67.7 Å². The van der Waals surface area contributed by atoms with Gasteiger partial charge in [0.15, 0.2) is 0 Å². The molecule has 0 saturated carbocycles. The Morgan fingerprint density at radius 2 is 1.54 bits per heavy atom. The fraction of sp³-hybridized carbons (Fsp3) is 0.176. The van der Waals surface area contributed by atoms with Gasteiger partial charge in [0.2, 0.25) is 0 Å². The number of hydrogen-bond donors (Lipinski definition) is 1. The van der Waals surface area contributed by atoms with Crippen LogP contribution >= 0.6 is 11.6 Å². The molecule has 0 amide bonds. The summed E-state index contributed by atoms with van der Waals surface area (Å²) in [4.78, 5) is 24.0. The highest BCUT2D eigenvalue weighted by molar-refractivity contribution is 7.92. The first-order valence-corrected chi connectivity index (χ1v) is 9.46. The van der Waals surface area contributed by atoms with Crippen molar-refractivity contribution in [2.45, 2.75) is 11.8 Å². The van der Waals surface area contributed by atoms with Crippen LogP contribution in [-0.2, 0) is 24.1 Å². The van der Waals surface area contributed by atoms with Crippen molar-refractivity contribution in [1.29, 1.82) is 0 Å². The SMILES string of the molecule is Cc1cc2c(cc1S(=O)(=O)Nc1cccc(Cl)c1)n(C)c(=O)c(=O)n2C. The Morgan fingerprint density at radius 3 is 2.12 bits per heavy atom. The first-order valence-electron chi connectivity index (χ1n) is 7.60. The van der Waals surface area contributed by atoms with Crippen LogP contribution in [0.15, 0.2) is 50.9 Å². The van der Waals surface area contributed by atoms with E-state index in [1.54, 1.807) is 31.2 Å². The van der Waals surface area contributed by atoms with Gasteiger partial charge in [-0.2, -0.15) is 0 Å². The summed E-state index contributed by atoms with van der Waals surface area (Å²) < 4.78 is 30.5. The van der Waals surface area contributed by atoms with Gasteiger partial charge in [-0.25, -0.2) is 8.42 Å². The lowest BCUT2D eigenvalue weighted by atomic mass is 10.2. The van der Waals surface area contributed by atoms with Gasteiger partial charge in [0.1, 0.15) is 0 Å². The van der Waals surface area contributed by atoms with Crippen LogP contribution in [0.3, 0.4) is 0 Å². The molecule has 2 aromatic carbocycles. The lowest BCUT2D eigenvalue weighted by Crippen LogP contribution is -2.39. The Labute approximate surface area is 154 Å². The van der Waals surface area contributed by atoms with Gasteiger partial charge in [0, 0.05) is 19.1 Å². The van der Waals surface area contributed by atoms with E-state index in [-0.39, 0.29) is 4.90 Å². The fourth-order valence-corrected chi connectivity index (χ4v) is 4.24. The molecule has 0 spiro atoms. The molecule has 3 rings (SSSR count). The van der Waals surface area contributed by atoms with E-state index in [0.29, 0.717) is 27.3 Å². The molecule has 26 heavy (non-hydrogen) atoms. The van der Waals surface area contributed by atoms with Crippen LogP contribution in [0.1, 0.15) is 5.56 Å². The van der Waals surface area contributed by atoms with Gasteiger partial charge in [-0.3, -0.25) is 14.3 Å². The summed E-state index contributed by atoms with van der Waals surface area (Å²) in [6.07, 6.45) is 0. The normalized spacial score (nSPS) is 11.7. The van der Waals surface area contributed by atoms with Crippen LogP contribution in [-0.4, -0.2) is 17.6 Å².